The Kier molecular flexibility index (Phi) is 4.97. The average Bonchev–Trinajstić information content (AvgIpc) is 2.68. The molecule has 0 radical (unpaired) electrons. The molecule has 0 atom stereocenters. The Morgan fingerprint density at radius 1 is 1.04 bits per heavy atom. The van der Waals surface area contributed by atoms with Crippen LogP contribution in [0.1, 0.15) is 35.2 Å². The molecule has 0 aromatic heterocycles. The predicted molar refractivity (Wildman–Crippen MR) is 106 cm³/mol. The summed E-state index contributed by atoms with van der Waals surface area (Å²) >= 11 is 0. The zero-order chi connectivity index (χ0) is 19.7. The highest BCUT2D eigenvalue weighted by atomic mass is 32.2. The zero-order valence-corrected chi connectivity index (χ0v) is 16.2. The van der Waals surface area contributed by atoms with Crippen LogP contribution in [0.15, 0.2) is 41.3 Å². The smallest absolute Gasteiger partial charge is 0.261 e. The summed E-state index contributed by atoms with van der Waals surface area (Å²) in [6.07, 6.45) is 3.83. The van der Waals surface area contributed by atoms with Crippen molar-refractivity contribution in [1.29, 1.82) is 0 Å². The first-order chi connectivity index (χ1) is 13.4. The van der Waals surface area contributed by atoms with Crippen LogP contribution in [-0.4, -0.2) is 34.0 Å². The molecule has 6 nitrogen and oxygen atoms in total. The molecule has 2 N–H and O–H groups in total. The number of halogens is 1. The summed E-state index contributed by atoms with van der Waals surface area (Å²) in [5.41, 5.74) is 2.07. The lowest BCUT2D eigenvalue weighted by Gasteiger charge is -2.30. The average molecular weight is 403 g/mol. The number of benzene rings is 2. The molecule has 28 heavy (non-hydrogen) atoms. The Balaban J connectivity index is 1.68. The van der Waals surface area contributed by atoms with E-state index in [2.05, 4.69) is 14.9 Å². The van der Waals surface area contributed by atoms with E-state index in [0.29, 0.717) is 24.2 Å². The van der Waals surface area contributed by atoms with E-state index < -0.39 is 15.8 Å². The van der Waals surface area contributed by atoms with E-state index in [1.165, 1.54) is 24.3 Å². The van der Waals surface area contributed by atoms with Crippen molar-refractivity contribution in [2.75, 3.05) is 29.3 Å². The molecule has 2 aromatic carbocycles. The second-order valence-corrected chi connectivity index (χ2v) is 8.82. The number of carbonyl (C=O) groups is 1. The van der Waals surface area contributed by atoms with Crippen molar-refractivity contribution in [3.05, 3.63) is 53.3 Å². The molecular formula is C20H22FN3O3S. The molecule has 8 heteroatoms. The first-order valence-electron chi connectivity index (χ1n) is 9.42. The third-order valence-electron chi connectivity index (χ3n) is 5.22. The Bertz CT molecular complexity index is 1020. The summed E-state index contributed by atoms with van der Waals surface area (Å²) in [6, 6.07) is 8.68. The maximum atomic E-state index is 13.9. The van der Waals surface area contributed by atoms with Crippen molar-refractivity contribution in [3.8, 4) is 0 Å². The third kappa shape index (κ3) is 3.69. The lowest BCUT2D eigenvalue weighted by molar-refractivity contribution is 0.0945. The van der Waals surface area contributed by atoms with Gasteiger partial charge in [0.2, 0.25) is 0 Å². The van der Waals surface area contributed by atoms with Crippen LogP contribution in [-0.2, 0) is 16.4 Å². The van der Waals surface area contributed by atoms with Gasteiger partial charge in [-0.2, -0.15) is 0 Å². The highest BCUT2D eigenvalue weighted by Crippen LogP contribution is 2.31. The fourth-order valence-corrected chi connectivity index (χ4v) is 4.85. The summed E-state index contributed by atoms with van der Waals surface area (Å²) < 4.78 is 42.3. The molecule has 2 aromatic rings. The van der Waals surface area contributed by atoms with E-state index in [1.807, 2.05) is 0 Å². The molecular weight excluding hydrogens is 381 g/mol. The molecule has 1 saturated heterocycles. The summed E-state index contributed by atoms with van der Waals surface area (Å²) in [7, 11) is -3.97. The van der Waals surface area contributed by atoms with Gasteiger partial charge < -0.3 is 10.2 Å². The molecule has 0 aliphatic carbocycles. The van der Waals surface area contributed by atoms with E-state index in [9.17, 15) is 17.6 Å². The van der Waals surface area contributed by atoms with E-state index in [4.69, 9.17) is 0 Å². The van der Waals surface area contributed by atoms with Gasteiger partial charge in [0.05, 0.1) is 16.3 Å². The van der Waals surface area contributed by atoms with Crippen LogP contribution in [0.25, 0.3) is 0 Å². The van der Waals surface area contributed by atoms with Crippen molar-refractivity contribution in [3.63, 3.8) is 0 Å². The van der Waals surface area contributed by atoms with Crippen molar-refractivity contribution >= 4 is 27.3 Å². The van der Waals surface area contributed by atoms with Crippen LogP contribution in [0.4, 0.5) is 15.8 Å². The monoisotopic (exact) mass is 403 g/mol. The minimum absolute atomic E-state index is 0.0165. The van der Waals surface area contributed by atoms with Gasteiger partial charge in [-0.25, -0.2) is 12.8 Å². The fraction of sp³-hybridized carbons (Fsp3) is 0.350. The van der Waals surface area contributed by atoms with Crippen molar-refractivity contribution in [2.45, 2.75) is 30.6 Å². The number of nitrogens with one attached hydrogen (secondary N) is 2. The number of amides is 1. The van der Waals surface area contributed by atoms with Crippen LogP contribution in [0.5, 0.6) is 0 Å². The second-order valence-electron chi connectivity index (χ2n) is 7.14. The minimum Gasteiger partial charge on any atom is -0.370 e. The highest BCUT2D eigenvalue weighted by molar-refractivity contribution is 7.92. The van der Waals surface area contributed by atoms with Crippen molar-refractivity contribution in [1.82, 2.24) is 5.32 Å². The summed E-state index contributed by atoms with van der Waals surface area (Å²) in [5, 5.41) is 2.72. The number of fused-ring (bicyclic) bond motifs is 1. The van der Waals surface area contributed by atoms with Gasteiger partial charge in [0, 0.05) is 31.3 Å². The number of hydrogen-bond donors (Lipinski definition) is 2. The van der Waals surface area contributed by atoms with Crippen LogP contribution in [0.2, 0.25) is 0 Å². The van der Waals surface area contributed by atoms with E-state index in [1.54, 1.807) is 12.1 Å². The van der Waals surface area contributed by atoms with Crippen LogP contribution in [0, 0.1) is 5.82 Å². The van der Waals surface area contributed by atoms with Crippen LogP contribution < -0.4 is 14.9 Å². The molecule has 1 fully saturated rings. The molecule has 0 bridgehead atoms. The highest BCUT2D eigenvalue weighted by Gasteiger charge is 2.24. The normalized spacial score (nSPS) is 17.0. The maximum absolute atomic E-state index is 13.9. The maximum Gasteiger partial charge on any atom is 0.261 e. The van der Waals surface area contributed by atoms with Gasteiger partial charge in [-0.1, -0.05) is 6.07 Å². The number of piperidine rings is 1. The molecule has 0 unspecified atom stereocenters. The van der Waals surface area contributed by atoms with E-state index in [-0.39, 0.29) is 16.5 Å². The molecule has 2 aliphatic heterocycles. The quantitative estimate of drug-likeness (QED) is 0.823. The van der Waals surface area contributed by atoms with Gasteiger partial charge in [-0.3, -0.25) is 9.52 Å². The number of nitrogens with zero attached hydrogens (tertiary/aromatic N) is 1. The predicted octanol–water partition coefficient (Wildman–Crippen LogP) is 2.90. The van der Waals surface area contributed by atoms with Gasteiger partial charge in [-0.05, 0) is 55.5 Å². The Morgan fingerprint density at radius 3 is 2.61 bits per heavy atom. The van der Waals surface area contributed by atoms with Crippen LogP contribution in [0.3, 0.4) is 0 Å². The lowest BCUT2D eigenvalue weighted by atomic mass is 10.0. The number of hydrogen-bond acceptors (Lipinski definition) is 4. The van der Waals surface area contributed by atoms with Gasteiger partial charge in [0.25, 0.3) is 15.9 Å². The van der Waals surface area contributed by atoms with E-state index in [0.717, 1.165) is 37.9 Å². The van der Waals surface area contributed by atoms with Gasteiger partial charge in [-0.15, -0.1) is 0 Å². The van der Waals surface area contributed by atoms with Gasteiger partial charge in [0.1, 0.15) is 5.82 Å². The number of carbonyl (C=O) groups excluding carboxylic acids is 1. The Hall–Kier alpha value is -2.61. The summed E-state index contributed by atoms with van der Waals surface area (Å²) in [4.78, 5) is 14.1. The molecule has 148 valence electrons. The minimum atomic E-state index is -3.97. The summed E-state index contributed by atoms with van der Waals surface area (Å²) in [5.74, 6) is -0.790. The SMILES string of the molecule is O=C1NCCc2ccc(S(=O)(=O)Nc3cc(F)ccc3N3CCCCC3)cc21. The fourth-order valence-electron chi connectivity index (χ4n) is 3.76. The zero-order valence-electron chi connectivity index (χ0n) is 15.4. The largest absolute Gasteiger partial charge is 0.370 e. The van der Waals surface area contributed by atoms with Gasteiger partial charge >= 0.3 is 0 Å². The molecule has 1 amide bonds. The molecule has 2 heterocycles. The van der Waals surface area contributed by atoms with Crippen molar-refractivity contribution < 1.29 is 17.6 Å². The second kappa shape index (κ2) is 7.43. The van der Waals surface area contributed by atoms with Gasteiger partial charge in [0.15, 0.2) is 0 Å². The van der Waals surface area contributed by atoms with Crippen LogP contribution >= 0.6 is 0 Å². The molecule has 4 rings (SSSR count). The molecule has 2 aliphatic rings. The Labute approximate surface area is 163 Å². The topological polar surface area (TPSA) is 78.5 Å². The summed E-state index contributed by atoms with van der Waals surface area (Å²) in [6.45, 7) is 2.15. The molecule has 0 spiro atoms. The van der Waals surface area contributed by atoms with E-state index >= 15 is 0 Å². The molecule has 0 saturated carbocycles. The standard InChI is InChI=1S/C20H22FN3O3S/c21-15-5-7-19(24-10-2-1-3-11-24)18(12-15)23-28(26,27)16-6-4-14-8-9-22-20(25)17(14)13-16/h4-7,12-13,23H,1-3,8-11H2,(H,22,25). The Morgan fingerprint density at radius 2 is 1.82 bits per heavy atom. The van der Waals surface area contributed by atoms with Crippen molar-refractivity contribution in [2.24, 2.45) is 0 Å². The third-order valence-corrected chi connectivity index (χ3v) is 6.58. The number of sulfonamides is 1. The lowest BCUT2D eigenvalue weighted by Crippen LogP contribution is -2.32. The number of anilines is 2. The number of rotatable bonds is 4. The first-order valence-corrected chi connectivity index (χ1v) is 10.9. The first kappa shape index (κ1) is 18.7.